The highest BCUT2D eigenvalue weighted by molar-refractivity contribution is 5.84. The Balaban J connectivity index is 2.30. The van der Waals surface area contributed by atoms with Gasteiger partial charge < -0.3 is 5.11 Å². The van der Waals surface area contributed by atoms with Crippen molar-refractivity contribution in [2.24, 2.45) is 0 Å². The molecule has 3 rings (SSSR count). The molecular weight excluding hydrogens is 328 g/mol. The van der Waals surface area contributed by atoms with Crippen LogP contribution in [-0.2, 0) is 10.8 Å². The van der Waals surface area contributed by atoms with Crippen molar-refractivity contribution in [2.45, 2.75) is 52.4 Å². The van der Waals surface area contributed by atoms with Gasteiger partial charge in [0.05, 0.1) is 0 Å². The Hall–Kier alpha value is -2.54. The van der Waals surface area contributed by atoms with Gasteiger partial charge in [-0.25, -0.2) is 0 Å². The first-order valence-corrected chi connectivity index (χ1v) is 9.62. The average molecular weight is 359 g/mol. The molecule has 0 unspecified atom stereocenters. The number of hydrogen-bond donors (Lipinski definition) is 1. The van der Waals surface area contributed by atoms with Gasteiger partial charge in [0.1, 0.15) is 5.75 Å². The second kappa shape index (κ2) is 6.88. The number of aromatic hydroxyl groups is 1. The molecule has 0 fully saturated rings. The van der Waals surface area contributed by atoms with E-state index in [0.717, 1.165) is 22.3 Å². The smallest absolute Gasteiger partial charge is 0.131 e. The zero-order chi connectivity index (χ0) is 19.8. The maximum Gasteiger partial charge on any atom is 0.131 e. The standard InChI is InChI=1S/C26H30O/c1-25(2,3)22-17-11-15-20(23(22)26(4,5)6)21-16-10-14-19(24(21)27)18-12-8-7-9-13-18/h7-17,27H,1-6H3. The van der Waals surface area contributed by atoms with Crippen LogP contribution in [0.15, 0.2) is 66.7 Å². The fourth-order valence-electron chi connectivity index (χ4n) is 3.82. The van der Waals surface area contributed by atoms with E-state index in [1.807, 2.05) is 48.5 Å². The predicted molar refractivity (Wildman–Crippen MR) is 116 cm³/mol. The van der Waals surface area contributed by atoms with Crippen LogP contribution >= 0.6 is 0 Å². The summed E-state index contributed by atoms with van der Waals surface area (Å²) in [6.07, 6.45) is 0. The summed E-state index contributed by atoms with van der Waals surface area (Å²) in [5.41, 5.74) is 6.54. The summed E-state index contributed by atoms with van der Waals surface area (Å²) in [6.45, 7) is 13.5. The Kier molecular flexibility index (Phi) is 4.90. The molecule has 0 bridgehead atoms. The van der Waals surface area contributed by atoms with E-state index < -0.39 is 0 Å². The fraction of sp³-hybridized carbons (Fsp3) is 0.308. The second-order valence-electron chi connectivity index (χ2n) is 9.30. The van der Waals surface area contributed by atoms with E-state index in [9.17, 15) is 5.11 Å². The largest absolute Gasteiger partial charge is 0.507 e. The van der Waals surface area contributed by atoms with Crippen molar-refractivity contribution < 1.29 is 5.11 Å². The van der Waals surface area contributed by atoms with E-state index >= 15 is 0 Å². The molecule has 140 valence electrons. The van der Waals surface area contributed by atoms with Gasteiger partial charge in [0.15, 0.2) is 0 Å². The highest BCUT2D eigenvalue weighted by atomic mass is 16.3. The van der Waals surface area contributed by atoms with E-state index in [1.54, 1.807) is 0 Å². The summed E-state index contributed by atoms with van der Waals surface area (Å²) in [5.74, 6) is 0.347. The third-order valence-electron chi connectivity index (χ3n) is 5.03. The third-order valence-corrected chi connectivity index (χ3v) is 5.03. The minimum atomic E-state index is -0.0333. The maximum atomic E-state index is 11.2. The number of phenolic OH excluding ortho intramolecular Hbond substituents is 1. The Morgan fingerprint density at radius 1 is 0.556 bits per heavy atom. The number of hydrogen-bond acceptors (Lipinski definition) is 1. The Morgan fingerprint density at radius 2 is 1.11 bits per heavy atom. The van der Waals surface area contributed by atoms with Crippen LogP contribution in [0.5, 0.6) is 5.75 Å². The molecule has 0 heterocycles. The SMILES string of the molecule is CC(C)(C)c1cccc(-c2cccc(-c3ccccc3)c2O)c1C(C)(C)C. The summed E-state index contributed by atoms with van der Waals surface area (Å²) in [6, 6.07) is 22.6. The molecule has 0 aliphatic rings. The summed E-state index contributed by atoms with van der Waals surface area (Å²) >= 11 is 0. The minimum Gasteiger partial charge on any atom is -0.507 e. The van der Waals surface area contributed by atoms with Gasteiger partial charge in [0.2, 0.25) is 0 Å². The van der Waals surface area contributed by atoms with Gasteiger partial charge in [0, 0.05) is 11.1 Å². The first kappa shape index (κ1) is 19.2. The van der Waals surface area contributed by atoms with Gasteiger partial charge in [-0.3, -0.25) is 0 Å². The third kappa shape index (κ3) is 3.78. The molecule has 0 amide bonds. The van der Waals surface area contributed by atoms with Crippen LogP contribution in [0.3, 0.4) is 0 Å². The van der Waals surface area contributed by atoms with Crippen LogP contribution in [0.4, 0.5) is 0 Å². The Bertz CT molecular complexity index is 938. The molecule has 1 heteroatoms. The van der Waals surface area contributed by atoms with E-state index in [2.05, 4.69) is 59.7 Å². The quantitative estimate of drug-likeness (QED) is 0.509. The lowest BCUT2D eigenvalue weighted by Gasteiger charge is -2.32. The van der Waals surface area contributed by atoms with E-state index in [4.69, 9.17) is 0 Å². The lowest BCUT2D eigenvalue weighted by atomic mass is 9.72. The van der Waals surface area contributed by atoms with Gasteiger partial charge >= 0.3 is 0 Å². The van der Waals surface area contributed by atoms with Crippen molar-refractivity contribution in [2.75, 3.05) is 0 Å². The Morgan fingerprint density at radius 3 is 1.70 bits per heavy atom. The van der Waals surface area contributed by atoms with E-state index in [0.29, 0.717) is 5.75 Å². The summed E-state index contributed by atoms with van der Waals surface area (Å²) in [7, 11) is 0. The van der Waals surface area contributed by atoms with Gasteiger partial charge in [-0.1, -0.05) is 108 Å². The normalized spacial score (nSPS) is 12.2. The van der Waals surface area contributed by atoms with Crippen molar-refractivity contribution in [1.29, 1.82) is 0 Å². The predicted octanol–water partition coefficient (Wildman–Crippen LogP) is 7.32. The topological polar surface area (TPSA) is 20.2 Å². The van der Waals surface area contributed by atoms with Crippen LogP contribution in [0.2, 0.25) is 0 Å². The van der Waals surface area contributed by atoms with Gasteiger partial charge in [0.25, 0.3) is 0 Å². The number of phenols is 1. The number of rotatable bonds is 2. The van der Waals surface area contributed by atoms with Crippen LogP contribution in [-0.4, -0.2) is 5.11 Å². The van der Waals surface area contributed by atoms with Gasteiger partial charge in [-0.2, -0.15) is 0 Å². The van der Waals surface area contributed by atoms with Crippen molar-refractivity contribution in [3.05, 3.63) is 77.9 Å². The molecule has 0 aliphatic carbocycles. The van der Waals surface area contributed by atoms with Crippen molar-refractivity contribution in [1.82, 2.24) is 0 Å². The van der Waals surface area contributed by atoms with Crippen molar-refractivity contribution >= 4 is 0 Å². The van der Waals surface area contributed by atoms with Crippen LogP contribution in [0, 0.1) is 0 Å². The number of para-hydroxylation sites is 1. The molecule has 1 nitrogen and oxygen atoms in total. The molecule has 0 spiro atoms. The first-order chi connectivity index (χ1) is 12.6. The van der Waals surface area contributed by atoms with Crippen LogP contribution < -0.4 is 0 Å². The molecule has 3 aromatic rings. The highest BCUT2D eigenvalue weighted by Gasteiger charge is 2.28. The molecule has 0 aliphatic heterocycles. The summed E-state index contributed by atoms with van der Waals surface area (Å²) in [4.78, 5) is 0. The maximum absolute atomic E-state index is 11.2. The Labute approximate surface area is 163 Å². The van der Waals surface area contributed by atoms with Gasteiger partial charge in [-0.05, 0) is 33.1 Å². The molecule has 0 aromatic heterocycles. The molecule has 1 N–H and O–H groups in total. The zero-order valence-electron chi connectivity index (χ0n) is 17.3. The molecule has 0 saturated carbocycles. The highest BCUT2D eigenvalue weighted by Crippen LogP contribution is 2.45. The lowest BCUT2D eigenvalue weighted by Crippen LogP contribution is -2.23. The lowest BCUT2D eigenvalue weighted by molar-refractivity contribution is 0.478. The van der Waals surface area contributed by atoms with Crippen molar-refractivity contribution in [3.63, 3.8) is 0 Å². The first-order valence-electron chi connectivity index (χ1n) is 9.62. The minimum absolute atomic E-state index is 0.0330. The molecule has 0 radical (unpaired) electrons. The summed E-state index contributed by atoms with van der Waals surface area (Å²) in [5, 5.41) is 11.2. The monoisotopic (exact) mass is 358 g/mol. The molecule has 0 saturated heterocycles. The molecule has 3 aromatic carbocycles. The zero-order valence-corrected chi connectivity index (χ0v) is 17.3. The van der Waals surface area contributed by atoms with Crippen LogP contribution in [0.25, 0.3) is 22.3 Å². The molecular formula is C26H30O. The van der Waals surface area contributed by atoms with Crippen molar-refractivity contribution in [3.8, 4) is 28.0 Å². The number of benzene rings is 3. The van der Waals surface area contributed by atoms with E-state index in [-0.39, 0.29) is 10.8 Å². The molecule has 27 heavy (non-hydrogen) atoms. The van der Waals surface area contributed by atoms with E-state index in [1.165, 1.54) is 11.1 Å². The van der Waals surface area contributed by atoms with Crippen LogP contribution in [0.1, 0.15) is 52.7 Å². The summed E-state index contributed by atoms with van der Waals surface area (Å²) < 4.78 is 0. The average Bonchev–Trinajstić information content (AvgIpc) is 2.60. The second-order valence-corrected chi connectivity index (χ2v) is 9.30. The van der Waals surface area contributed by atoms with Gasteiger partial charge in [-0.15, -0.1) is 0 Å². The fourth-order valence-corrected chi connectivity index (χ4v) is 3.82. The molecule has 0 atom stereocenters.